The highest BCUT2D eigenvalue weighted by molar-refractivity contribution is 5.95. The fourth-order valence-electron chi connectivity index (χ4n) is 1.55. The molecule has 0 saturated heterocycles. The van der Waals surface area contributed by atoms with E-state index >= 15 is 0 Å². The highest BCUT2D eigenvalue weighted by Crippen LogP contribution is 2.30. The predicted molar refractivity (Wildman–Crippen MR) is 68.1 cm³/mol. The molecule has 1 N–H and O–H groups in total. The fraction of sp³-hybridized carbons (Fsp3) is 0.357. The molecule has 1 aromatic carbocycles. The molecule has 5 heteroatoms. The van der Waals surface area contributed by atoms with Crippen molar-refractivity contribution < 1.29 is 14.3 Å². The van der Waals surface area contributed by atoms with Gasteiger partial charge in [0.15, 0.2) is 6.10 Å². The molecule has 1 aliphatic rings. The number of hydrogen-bond donors (Lipinski definition) is 1. The number of anilines is 1. The van der Waals surface area contributed by atoms with Gasteiger partial charge in [-0.3, -0.25) is 9.59 Å². The highest BCUT2D eigenvalue weighted by atomic mass is 16.5. The summed E-state index contributed by atoms with van der Waals surface area (Å²) in [5.41, 5.74) is 0.971. The molecule has 19 heavy (non-hydrogen) atoms. The number of hydrogen-bond acceptors (Lipinski definition) is 4. The van der Waals surface area contributed by atoms with Crippen molar-refractivity contribution in [3.63, 3.8) is 0 Å². The van der Waals surface area contributed by atoms with Crippen LogP contribution in [-0.4, -0.2) is 18.0 Å². The first-order valence-corrected chi connectivity index (χ1v) is 6.11. The van der Waals surface area contributed by atoms with Crippen LogP contribution in [0.2, 0.25) is 0 Å². The van der Waals surface area contributed by atoms with Gasteiger partial charge >= 0.3 is 5.97 Å². The van der Waals surface area contributed by atoms with Crippen LogP contribution in [0.3, 0.4) is 0 Å². The summed E-state index contributed by atoms with van der Waals surface area (Å²) in [7, 11) is 0. The number of nitrogens with zero attached hydrogens (tertiary/aromatic N) is 1. The first-order valence-electron chi connectivity index (χ1n) is 6.11. The van der Waals surface area contributed by atoms with Gasteiger partial charge in [0, 0.05) is 5.69 Å². The zero-order valence-electron chi connectivity index (χ0n) is 10.6. The van der Waals surface area contributed by atoms with Crippen LogP contribution < -0.4 is 5.32 Å². The minimum absolute atomic E-state index is 0.0304. The second-order valence-electron chi connectivity index (χ2n) is 4.54. The van der Waals surface area contributed by atoms with Gasteiger partial charge in [-0.2, -0.15) is 5.26 Å². The van der Waals surface area contributed by atoms with Crippen LogP contribution in [0.5, 0.6) is 0 Å². The zero-order chi connectivity index (χ0) is 13.8. The summed E-state index contributed by atoms with van der Waals surface area (Å²) >= 11 is 0. The summed E-state index contributed by atoms with van der Waals surface area (Å²) < 4.78 is 5.05. The molecule has 0 aromatic heterocycles. The Bertz CT molecular complexity index is 544. The van der Waals surface area contributed by atoms with Crippen molar-refractivity contribution in [1.29, 1.82) is 5.26 Å². The largest absolute Gasteiger partial charge is 0.452 e. The summed E-state index contributed by atoms with van der Waals surface area (Å²) in [4.78, 5) is 23.2. The summed E-state index contributed by atoms with van der Waals surface area (Å²) in [5.74, 6) is -0.741. The SMILES string of the molecule is CC(OC(=O)C1CC1)C(=O)Nc1cccc(C#N)c1. The molecule has 0 aliphatic heterocycles. The number of nitrogens with one attached hydrogen (secondary N) is 1. The maximum atomic E-state index is 11.8. The van der Waals surface area contributed by atoms with Gasteiger partial charge in [-0.15, -0.1) is 0 Å². The molecular weight excluding hydrogens is 244 g/mol. The minimum atomic E-state index is -0.834. The Morgan fingerprint density at radius 3 is 2.84 bits per heavy atom. The lowest BCUT2D eigenvalue weighted by atomic mass is 10.2. The predicted octanol–water partition coefficient (Wildman–Crippen LogP) is 1.84. The second-order valence-corrected chi connectivity index (χ2v) is 4.54. The number of nitriles is 1. The van der Waals surface area contributed by atoms with Crippen LogP contribution in [-0.2, 0) is 14.3 Å². The van der Waals surface area contributed by atoms with Gasteiger partial charge in [0.2, 0.25) is 0 Å². The molecule has 1 amide bonds. The third kappa shape index (κ3) is 3.55. The normalized spacial score (nSPS) is 15.2. The first-order chi connectivity index (χ1) is 9.10. The maximum absolute atomic E-state index is 11.8. The Morgan fingerprint density at radius 2 is 2.21 bits per heavy atom. The molecule has 1 aromatic rings. The molecule has 0 heterocycles. The molecule has 98 valence electrons. The smallest absolute Gasteiger partial charge is 0.309 e. The van der Waals surface area contributed by atoms with E-state index in [1.807, 2.05) is 6.07 Å². The van der Waals surface area contributed by atoms with Crippen LogP contribution in [0.4, 0.5) is 5.69 Å². The van der Waals surface area contributed by atoms with Crippen molar-refractivity contribution in [3.05, 3.63) is 29.8 Å². The molecule has 1 fully saturated rings. The molecule has 1 aliphatic carbocycles. The fourth-order valence-corrected chi connectivity index (χ4v) is 1.55. The molecule has 0 spiro atoms. The van der Waals surface area contributed by atoms with E-state index < -0.39 is 12.0 Å². The third-order valence-electron chi connectivity index (χ3n) is 2.83. The minimum Gasteiger partial charge on any atom is -0.452 e. The van der Waals surface area contributed by atoms with Crippen LogP contribution in [0.25, 0.3) is 0 Å². The number of carbonyl (C=O) groups excluding carboxylic acids is 2. The van der Waals surface area contributed by atoms with E-state index in [-0.39, 0.29) is 11.9 Å². The van der Waals surface area contributed by atoms with Gasteiger partial charge in [0.25, 0.3) is 5.91 Å². The molecule has 5 nitrogen and oxygen atoms in total. The van der Waals surface area contributed by atoms with E-state index in [0.717, 1.165) is 12.8 Å². The molecule has 2 rings (SSSR count). The van der Waals surface area contributed by atoms with E-state index in [1.54, 1.807) is 24.3 Å². The topological polar surface area (TPSA) is 79.2 Å². The van der Waals surface area contributed by atoms with E-state index in [9.17, 15) is 9.59 Å². The number of esters is 1. The van der Waals surface area contributed by atoms with Gasteiger partial charge in [-0.25, -0.2) is 0 Å². The molecular formula is C14H14N2O3. The molecule has 0 bridgehead atoms. The average molecular weight is 258 g/mol. The van der Waals surface area contributed by atoms with E-state index in [2.05, 4.69) is 5.32 Å². The first kappa shape index (κ1) is 13.1. The van der Waals surface area contributed by atoms with Crippen molar-refractivity contribution >= 4 is 17.6 Å². The average Bonchev–Trinajstić information content (AvgIpc) is 3.23. The number of rotatable bonds is 4. The van der Waals surface area contributed by atoms with E-state index in [1.165, 1.54) is 6.92 Å². The molecule has 1 saturated carbocycles. The Hall–Kier alpha value is -2.35. The Balaban J connectivity index is 1.92. The Kier molecular flexibility index (Phi) is 3.81. The quantitative estimate of drug-likeness (QED) is 0.836. The third-order valence-corrected chi connectivity index (χ3v) is 2.83. The van der Waals surface area contributed by atoms with Gasteiger partial charge in [-0.05, 0) is 38.0 Å². The maximum Gasteiger partial charge on any atom is 0.309 e. The molecule has 1 unspecified atom stereocenters. The number of ether oxygens (including phenoxy) is 1. The lowest BCUT2D eigenvalue weighted by Gasteiger charge is -2.13. The van der Waals surface area contributed by atoms with Gasteiger partial charge in [-0.1, -0.05) is 6.07 Å². The Morgan fingerprint density at radius 1 is 1.47 bits per heavy atom. The molecule has 0 radical (unpaired) electrons. The summed E-state index contributed by atoms with van der Waals surface area (Å²) in [6, 6.07) is 8.55. The second kappa shape index (κ2) is 5.53. The number of amides is 1. The van der Waals surface area contributed by atoms with Crippen molar-refractivity contribution in [1.82, 2.24) is 0 Å². The highest BCUT2D eigenvalue weighted by Gasteiger charge is 2.33. The van der Waals surface area contributed by atoms with Gasteiger partial charge < -0.3 is 10.1 Å². The van der Waals surface area contributed by atoms with Crippen LogP contribution >= 0.6 is 0 Å². The van der Waals surface area contributed by atoms with E-state index in [4.69, 9.17) is 10.00 Å². The lowest BCUT2D eigenvalue weighted by Crippen LogP contribution is -2.30. The monoisotopic (exact) mass is 258 g/mol. The van der Waals surface area contributed by atoms with Gasteiger partial charge in [0.05, 0.1) is 17.6 Å². The van der Waals surface area contributed by atoms with Crippen molar-refractivity contribution in [3.8, 4) is 6.07 Å². The summed E-state index contributed by atoms with van der Waals surface area (Å²) in [6.45, 7) is 1.53. The van der Waals surface area contributed by atoms with Crippen LogP contribution in [0.15, 0.2) is 24.3 Å². The van der Waals surface area contributed by atoms with Crippen molar-refractivity contribution in [2.24, 2.45) is 5.92 Å². The number of carbonyl (C=O) groups is 2. The van der Waals surface area contributed by atoms with Crippen molar-refractivity contribution in [2.75, 3.05) is 5.32 Å². The standard InChI is InChI=1S/C14H14N2O3/c1-9(19-14(18)11-5-6-11)13(17)16-12-4-2-3-10(7-12)8-15/h2-4,7,9,11H,5-6H2,1H3,(H,16,17). The van der Waals surface area contributed by atoms with Crippen molar-refractivity contribution in [2.45, 2.75) is 25.9 Å². The number of benzene rings is 1. The van der Waals surface area contributed by atoms with E-state index in [0.29, 0.717) is 11.3 Å². The zero-order valence-corrected chi connectivity index (χ0v) is 10.6. The summed E-state index contributed by atoms with van der Waals surface area (Å²) in [5, 5.41) is 11.4. The lowest BCUT2D eigenvalue weighted by molar-refractivity contribution is -0.154. The van der Waals surface area contributed by atoms with Crippen LogP contribution in [0, 0.1) is 17.2 Å². The summed E-state index contributed by atoms with van der Waals surface area (Å²) in [6.07, 6.45) is 0.855. The van der Waals surface area contributed by atoms with Crippen LogP contribution in [0.1, 0.15) is 25.3 Å². The van der Waals surface area contributed by atoms with Gasteiger partial charge in [0.1, 0.15) is 0 Å². The molecule has 1 atom stereocenters. The Labute approximate surface area is 111 Å².